The maximum atomic E-state index is 12.6. The van der Waals surface area contributed by atoms with Crippen molar-refractivity contribution in [3.05, 3.63) is 28.8 Å². The van der Waals surface area contributed by atoms with E-state index < -0.39 is 12.1 Å². The molecule has 0 aromatic heterocycles. The van der Waals surface area contributed by atoms with Gasteiger partial charge in [0.2, 0.25) is 0 Å². The number of aryl methyl sites for hydroxylation is 1. The zero-order chi connectivity index (χ0) is 18.8. The van der Waals surface area contributed by atoms with Gasteiger partial charge in [0.15, 0.2) is 0 Å². The van der Waals surface area contributed by atoms with E-state index in [0.29, 0.717) is 0 Å². The largest absolute Gasteiger partial charge is 0.496 e. The minimum atomic E-state index is -5.08. The van der Waals surface area contributed by atoms with Crippen molar-refractivity contribution in [1.29, 1.82) is 0 Å². The summed E-state index contributed by atoms with van der Waals surface area (Å²) < 4.78 is 37.1. The van der Waals surface area contributed by atoms with Gasteiger partial charge >= 0.3 is 12.1 Å². The Hall–Kier alpha value is -2.29. The predicted octanol–water partition coefficient (Wildman–Crippen LogP) is 1.61. The van der Waals surface area contributed by atoms with Crippen LogP contribution in [0.25, 0.3) is 0 Å². The first-order valence-corrected chi connectivity index (χ1v) is 7.65. The van der Waals surface area contributed by atoms with Crippen molar-refractivity contribution in [3.8, 4) is 5.75 Å². The third kappa shape index (κ3) is 4.04. The number of hydrogen-bond acceptors (Lipinski definition) is 4. The number of fused-ring (bicyclic) bond motifs is 2. The van der Waals surface area contributed by atoms with Gasteiger partial charge in [0.05, 0.1) is 7.11 Å². The highest BCUT2D eigenvalue weighted by molar-refractivity contribution is 5.99. The van der Waals surface area contributed by atoms with Crippen LogP contribution in [0.4, 0.5) is 13.2 Å². The van der Waals surface area contributed by atoms with Gasteiger partial charge in [-0.05, 0) is 25.0 Å². The number of hydrogen-bond donors (Lipinski definition) is 2. The van der Waals surface area contributed by atoms with Crippen LogP contribution in [0.1, 0.15) is 21.5 Å². The standard InChI is InChI=1S/C14H18N2O2.C2HF3O2/c1-9-3-4-12(18-2)11-7-10-8-15-5-6-16(10)14(17)13(9)11;3-2(4,5)1(6)7/h3-4,10,15H,5-8H2,1-2H3;(H,6,7)/t10-;/m1./s1. The van der Waals surface area contributed by atoms with Gasteiger partial charge in [-0.15, -0.1) is 0 Å². The van der Waals surface area contributed by atoms with Crippen molar-refractivity contribution in [2.75, 3.05) is 26.7 Å². The molecule has 2 aliphatic rings. The second kappa shape index (κ2) is 7.30. The molecule has 9 heteroatoms. The highest BCUT2D eigenvalue weighted by Crippen LogP contribution is 2.33. The molecule has 1 fully saturated rings. The van der Waals surface area contributed by atoms with Gasteiger partial charge in [0.1, 0.15) is 5.75 Å². The molecule has 1 aromatic carbocycles. The number of nitrogens with one attached hydrogen (secondary N) is 1. The van der Waals surface area contributed by atoms with Crippen molar-refractivity contribution in [1.82, 2.24) is 10.2 Å². The summed E-state index contributed by atoms with van der Waals surface area (Å²) >= 11 is 0. The lowest BCUT2D eigenvalue weighted by Gasteiger charge is -2.41. The number of benzene rings is 1. The van der Waals surface area contributed by atoms with Crippen molar-refractivity contribution < 1.29 is 32.6 Å². The number of aliphatic carboxylic acids is 1. The van der Waals surface area contributed by atoms with E-state index in [0.717, 1.165) is 48.5 Å². The van der Waals surface area contributed by atoms with E-state index in [1.807, 2.05) is 24.0 Å². The summed E-state index contributed by atoms with van der Waals surface area (Å²) in [7, 11) is 1.67. The van der Waals surface area contributed by atoms with Crippen LogP contribution in [-0.2, 0) is 11.2 Å². The van der Waals surface area contributed by atoms with Crippen LogP contribution >= 0.6 is 0 Å². The molecule has 0 aliphatic carbocycles. The van der Waals surface area contributed by atoms with E-state index in [1.165, 1.54) is 0 Å². The Kier molecular flexibility index (Phi) is 5.56. The summed E-state index contributed by atoms with van der Waals surface area (Å²) in [6.45, 7) is 4.57. The SMILES string of the molecule is COc1ccc(C)c2c1C[C@@H]1CNCCN1C2=O.O=C(O)C(F)(F)F. The molecule has 1 amide bonds. The first-order chi connectivity index (χ1) is 11.7. The molecule has 3 rings (SSSR count). The normalized spacial score (nSPS) is 19.3. The Balaban J connectivity index is 0.000000277. The third-order valence-corrected chi connectivity index (χ3v) is 4.21. The Morgan fingerprint density at radius 1 is 1.40 bits per heavy atom. The molecule has 25 heavy (non-hydrogen) atoms. The summed E-state index contributed by atoms with van der Waals surface area (Å²) in [6.07, 6.45) is -4.20. The highest BCUT2D eigenvalue weighted by Gasteiger charge is 2.38. The van der Waals surface area contributed by atoms with Gasteiger partial charge in [-0.25, -0.2) is 4.79 Å². The quantitative estimate of drug-likeness (QED) is 0.796. The van der Waals surface area contributed by atoms with E-state index in [-0.39, 0.29) is 11.9 Å². The average Bonchev–Trinajstić information content (AvgIpc) is 2.55. The van der Waals surface area contributed by atoms with Crippen LogP contribution in [0.15, 0.2) is 12.1 Å². The number of carboxylic acids is 1. The summed E-state index contributed by atoms with van der Waals surface area (Å²) in [5.41, 5.74) is 2.98. The van der Waals surface area contributed by atoms with Crippen molar-refractivity contribution in [2.24, 2.45) is 0 Å². The highest BCUT2D eigenvalue weighted by atomic mass is 19.4. The van der Waals surface area contributed by atoms with Crippen LogP contribution in [0.3, 0.4) is 0 Å². The smallest absolute Gasteiger partial charge is 0.490 e. The van der Waals surface area contributed by atoms with E-state index in [2.05, 4.69) is 5.32 Å². The first kappa shape index (κ1) is 19.0. The van der Waals surface area contributed by atoms with Crippen LogP contribution in [0.2, 0.25) is 0 Å². The molecule has 2 N–H and O–H groups in total. The Labute approximate surface area is 142 Å². The minimum Gasteiger partial charge on any atom is -0.496 e. The number of piperazine rings is 1. The Bertz CT molecular complexity index is 676. The van der Waals surface area contributed by atoms with Gasteiger partial charge in [-0.2, -0.15) is 13.2 Å². The molecule has 2 heterocycles. The molecule has 2 aliphatic heterocycles. The van der Waals surface area contributed by atoms with E-state index in [1.54, 1.807) is 7.11 Å². The van der Waals surface area contributed by atoms with Crippen LogP contribution < -0.4 is 10.1 Å². The number of nitrogens with zero attached hydrogens (tertiary/aromatic N) is 1. The fourth-order valence-electron chi connectivity index (χ4n) is 3.03. The maximum absolute atomic E-state index is 12.6. The Morgan fingerprint density at radius 2 is 2.04 bits per heavy atom. The zero-order valence-corrected chi connectivity index (χ0v) is 13.8. The molecule has 0 spiro atoms. The lowest BCUT2D eigenvalue weighted by Crippen LogP contribution is -2.57. The first-order valence-electron chi connectivity index (χ1n) is 7.65. The fourth-order valence-corrected chi connectivity index (χ4v) is 3.03. The summed E-state index contributed by atoms with van der Waals surface area (Å²) in [5.74, 6) is -1.75. The second-order valence-corrected chi connectivity index (χ2v) is 5.80. The van der Waals surface area contributed by atoms with Crippen molar-refractivity contribution >= 4 is 11.9 Å². The minimum absolute atomic E-state index is 0.166. The molecule has 0 saturated carbocycles. The van der Waals surface area contributed by atoms with Crippen LogP contribution in [0, 0.1) is 6.92 Å². The lowest BCUT2D eigenvalue weighted by molar-refractivity contribution is -0.192. The van der Waals surface area contributed by atoms with E-state index in [4.69, 9.17) is 14.6 Å². The molecular weight excluding hydrogens is 341 g/mol. The summed E-state index contributed by atoms with van der Waals surface area (Å²) in [5, 5.41) is 10.5. The summed E-state index contributed by atoms with van der Waals surface area (Å²) in [6, 6.07) is 4.21. The van der Waals surface area contributed by atoms with Gasteiger partial charge in [0, 0.05) is 36.8 Å². The molecule has 1 atom stereocenters. The van der Waals surface area contributed by atoms with Gasteiger partial charge < -0.3 is 20.1 Å². The Morgan fingerprint density at radius 3 is 2.60 bits per heavy atom. The van der Waals surface area contributed by atoms with Gasteiger partial charge in [-0.1, -0.05) is 6.07 Å². The number of carbonyl (C=O) groups is 2. The third-order valence-electron chi connectivity index (χ3n) is 4.21. The zero-order valence-electron chi connectivity index (χ0n) is 13.8. The molecule has 6 nitrogen and oxygen atoms in total. The lowest BCUT2D eigenvalue weighted by atomic mass is 9.88. The molecule has 0 bridgehead atoms. The number of ether oxygens (including phenoxy) is 1. The van der Waals surface area contributed by atoms with Crippen molar-refractivity contribution in [2.45, 2.75) is 25.6 Å². The maximum Gasteiger partial charge on any atom is 0.490 e. The number of rotatable bonds is 1. The van der Waals surface area contributed by atoms with Crippen LogP contribution in [-0.4, -0.2) is 60.8 Å². The number of carbonyl (C=O) groups excluding carboxylic acids is 1. The predicted molar refractivity (Wildman–Crippen MR) is 82.8 cm³/mol. The molecule has 0 unspecified atom stereocenters. The monoisotopic (exact) mass is 360 g/mol. The molecule has 1 saturated heterocycles. The number of amides is 1. The molecule has 1 aromatic rings. The number of methoxy groups -OCH3 is 1. The van der Waals surface area contributed by atoms with E-state index in [9.17, 15) is 18.0 Å². The topological polar surface area (TPSA) is 78.9 Å². The fraction of sp³-hybridized carbons (Fsp3) is 0.500. The molecule has 0 radical (unpaired) electrons. The van der Waals surface area contributed by atoms with Gasteiger partial charge in [-0.3, -0.25) is 4.79 Å². The second-order valence-electron chi connectivity index (χ2n) is 5.80. The molecular formula is C16H19F3N2O4. The average molecular weight is 360 g/mol. The van der Waals surface area contributed by atoms with E-state index >= 15 is 0 Å². The van der Waals surface area contributed by atoms with Gasteiger partial charge in [0.25, 0.3) is 5.91 Å². The number of alkyl halides is 3. The van der Waals surface area contributed by atoms with Crippen LogP contribution in [0.5, 0.6) is 5.75 Å². The molecule has 138 valence electrons. The summed E-state index contributed by atoms with van der Waals surface area (Å²) in [4.78, 5) is 23.5. The van der Waals surface area contributed by atoms with Crippen molar-refractivity contribution in [3.63, 3.8) is 0 Å². The number of halogens is 3. The number of carboxylic acid groups (broad SMARTS) is 1.